The van der Waals surface area contributed by atoms with E-state index in [1.54, 1.807) is 99.9 Å². The predicted molar refractivity (Wildman–Crippen MR) is 205 cm³/mol. The molecule has 0 aliphatic rings. The summed E-state index contributed by atoms with van der Waals surface area (Å²) in [5.74, 6) is 1.00. The van der Waals surface area contributed by atoms with Crippen LogP contribution in [0.25, 0.3) is 0 Å². The van der Waals surface area contributed by atoms with E-state index >= 15 is 0 Å². The van der Waals surface area contributed by atoms with Gasteiger partial charge in [-0.1, -0.05) is 30.3 Å². The number of aromatic nitrogens is 2. The molecule has 2 heterocycles. The maximum atomic E-state index is 14.2. The Morgan fingerprint density at radius 1 is 0.537 bits per heavy atom. The third-order valence-electron chi connectivity index (χ3n) is 7.69. The van der Waals surface area contributed by atoms with E-state index in [9.17, 15) is 13.2 Å². The van der Waals surface area contributed by atoms with Gasteiger partial charge in [-0.3, -0.25) is 9.97 Å². The van der Waals surface area contributed by atoms with Gasteiger partial charge in [0.15, 0.2) is 6.61 Å². The van der Waals surface area contributed by atoms with Crippen LogP contribution in [-0.2, 0) is 36.5 Å². The van der Waals surface area contributed by atoms with Gasteiger partial charge in [-0.25, -0.2) is 8.42 Å². The first-order valence-electron chi connectivity index (χ1n) is 17.1. The lowest BCUT2D eigenvalue weighted by molar-refractivity contribution is -0.157. The minimum absolute atomic E-state index is 0.00446. The Labute approximate surface area is 317 Å². The molecule has 0 radical (unpaired) electrons. The Morgan fingerprint density at radius 3 is 1.37 bits per heavy atom. The Bertz CT molecular complexity index is 2130. The number of rotatable bonds is 15. The highest BCUT2D eigenvalue weighted by atomic mass is 32.3. The molecule has 6 rings (SSSR count). The molecular formula is C42H40N2O8S2. The third-order valence-corrected chi connectivity index (χ3v) is 12.9. The van der Waals surface area contributed by atoms with E-state index in [0.717, 1.165) is 11.4 Å². The fraction of sp³-hybridized carbons (Fsp3) is 0.167. The van der Waals surface area contributed by atoms with Crippen molar-refractivity contribution in [3.8, 4) is 17.2 Å². The summed E-state index contributed by atoms with van der Waals surface area (Å²) in [7, 11) is -7.41. The molecule has 0 aliphatic carbocycles. The van der Waals surface area contributed by atoms with Crippen molar-refractivity contribution >= 4 is 26.4 Å². The first-order valence-corrected chi connectivity index (χ1v) is 20.0. The van der Waals surface area contributed by atoms with Crippen LogP contribution in [0.1, 0.15) is 32.2 Å². The molecule has 0 saturated heterocycles. The zero-order valence-electron chi connectivity index (χ0n) is 30.0. The average molecular weight is 765 g/mol. The summed E-state index contributed by atoms with van der Waals surface area (Å²) in [4.78, 5) is 22.7. The SMILES string of the molecule is CC(C)(C)OC(=O)COc1ccc(S(OS(=O)(=O)c2ccccc2)(c2ccc(OCc3ccccn3)cc2)c2ccc(OCc3ccccn3)cc2)cc1. The Hall–Kier alpha value is -5.69. The molecule has 0 bridgehead atoms. The lowest BCUT2D eigenvalue weighted by Gasteiger charge is -2.39. The number of carbonyl (C=O) groups excluding carboxylic acids is 1. The fourth-order valence-electron chi connectivity index (χ4n) is 5.26. The molecule has 4 aromatic carbocycles. The van der Waals surface area contributed by atoms with Gasteiger partial charge >= 0.3 is 16.1 Å². The van der Waals surface area contributed by atoms with Gasteiger partial charge in [0.1, 0.15) is 36.1 Å². The van der Waals surface area contributed by atoms with Crippen LogP contribution in [0, 0.1) is 0 Å². The van der Waals surface area contributed by atoms with Gasteiger partial charge in [0, 0.05) is 27.1 Å². The molecule has 0 fully saturated rings. The van der Waals surface area contributed by atoms with Crippen molar-refractivity contribution in [3.63, 3.8) is 0 Å². The summed E-state index contributed by atoms with van der Waals surface area (Å²) in [6.45, 7) is 5.55. The standard InChI is InChI=1S/C42H40N2O8S2/c1-42(2,3)51-41(45)31-50-36-19-25-39(26-20-36)53(52-54(46,47)40-13-5-4-6-14-40,37-21-15-34(16-22-37)48-29-32-11-7-9-27-43-32)38-23-17-35(18-24-38)49-30-33-12-8-10-28-44-33/h4-28H,29-31H2,1-3H3. The monoisotopic (exact) mass is 764 g/mol. The van der Waals surface area contributed by atoms with Crippen molar-refractivity contribution in [2.24, 2.45) is 0 Å². The van der Waals surface area contributed by atoms with E-state index in [1.807, 2.05) is 60.7 Å². The molecule has 0 atom stereocenters. The smallest absolute Gasteiger partial charge is 0.344 e. The van der Waals surface area contributed by atoms with Crippen LogP contribution in [0.15, 0.2) is 172 Å². The molecule has 278 valence electrons. The Balaban J connectivity index is 1.41. The maximum Gasteiger partial charge on any atom is 0.344 e. The lowest BCUT2D eigenvalue weighted by Crippen LogP contribution is -2.27. The minimum Gasteiger partial charge on any atom is -0.487 e. The second-order valence-electron chi connectivity index (χ2n) is 12.9. The fourth-order valence-corrected chi connectivity index (χ4v) is 10.5. The number of hydrogen-bond acceptors (Lipinski definition) is 10. The molecule has 6 aromatic rings. The Kier molecular flexibility index (Phi) is 12.0. The first kappa shape index (κ1) is 38.0. The average Bonchev–Trinajstić information content (AvgIpc) is 3.19. The van der Waals surface area contributed by atoms with Gasteiger partial charge < -0.3 is 18.9 Å². The lowest BCUT2D eigenvalue weighted by atomic mass is 10.2. The Morgan fingerprint density at radius 2 is 0.963 bits per heavy atom. The topological polar surface area (TPSA) is 123 Å². The zero-order valence-corrected chi connectivity index (χ0v) is 31.7. The normalized spacial score (nSPS) is 12.1. The maximum absolute atomic E-state index is 14.2. The second kappa shape index (κ2) is 17.0. The molecule has 54 heavy (non-hydrogen) atoms. The summed E-state index contributed by atoms with van der Waals surface area (Å²) < 4.78 is 58.2. The predicted octanol–water partition coefficient (Wildman–Crippen LogP) is 8.96. The van der Waals surface area contributed by atoms with Gasteiger partial charge in [-0.2, -0.15) is 8.42 Å². The third kappa shape index (κ3) is 9.84. The van der Waals surface area contributed by atoms with Crippen molar-refractivity contribution in [2.45, 2.75) is 59.2 Å². The van der Waals surface area contributed by atoms with Crippen LogP contribution in [0.2, 0.25) is 0 Å². The van der Waals surface area contributed by atoms with E-state index in [1.165, 1.54) is 12.1 Å². The number of carbonyl (C=O) groups is 1. The molecule has 2 aromatic heterocycles. The molecule has 10 nitrogen and oxygen atoms in total. The number of ether oxygens (including phenoxy) is 4. The van der Waals surface area contributed by atoms with E-state index < -0.39 is 32.0 Å². The van der Waals surface area contributed by atoms with Gasteiger partial charge in [-0.15, -0.1) is 0 Å². The van der Waals surface area contributed by atoms with E-state index in [2.05, 4.69) is 9.97 Å². The first-order chi connectivity index (χ1) is 26.0. The number of benzene rings is 4. The van der Waals surface area contributed by atoms with Crippen molar-refractivity contribution in [2.75, 3.05) is 6.61 Å². The molecule has 0 spiro atoms. The summed E-state index contributed by atoms with van der Waals surface area (Å²) in [6.07, 6.45) is 3.40. The highest BCUT2D eigenvalue weighted by Crippen LogP contribution is 2.70. The largest absolute Gasteiger partial charge is 0.487 e. The number of pyridine rings is 2. The van der Waals surface area contributed by atoms with Crippen LogP contribution in [0.4, 0.5) is 0 Å². The highest BCUT2D eigenvalue weighted by molar-refractivity contribution is 8.33. The summed E-state index contributed by atoms with van der Waals surface area (Å²) in [5, 5.41) is 0. The molecule has 0 saturated carbocycles. The molecule has 12 heteroatoms. The van der Waals surface area contributed by atoms with Crippen LogP contribution in [0.3, 0.4) is 0 Å². The van der Waals surface area contributed by atoms with Crippen LogP contribution >= 0.6 is 10.3 Å². The van der Waals surface area contributed by atoms with E-state index in [-0.39, 0.29) is 24.7 Å². The molecule has 0 amide bonds. The summed E-state index contributed by atoms with van der Waals surface area (Å²) >= 11 is 0. The van der Waals surface area contributed by atoms with Gasteiger partial charge in [0.25, 0.3) is 0 Å². The quantitative estimate of drug-likeness (QED) is 0.0937. The number of hydrogen-bond donors (Lipinski definition) is 0. The molecule has 0 aliphatic heterocycles. The van der Waals surface area contributed by atoms with Crippen molar-refractivity contribution in [3.05, 3.63) is 163 Å². The van der Waals surface area contributed by atoms with Gasteiger partial charge in [0.2, 0.25) is 0 Å². The molecule has 0 unspecified atom stereocenters. The van der Waals surface area contributed by atoms with Crippen molar-refractivity contribution in [1.29, 1.82) is 0 Å². The van der Waals surface area contributed by atoms with Crippen LogP contribution < -0.4 is 14.2 Å². The summed E-state index contributed by atoms with van der Waals surface area (Å²) in [6, 6.07) is 40.4. The van der Waals surface area contributed by atoms with E-state index in [0.29, 0.717) is 31.9 Å². The van der Waals surface area contributed by atoms with E-state index in [4.69, 9.17) is 22.6 Å². The molecule has 0 N–H and O–H groups in total. The van der Waals surface area contributed by atoms with Gasteiger partial charge in [-0.05, 0) is 140 Å². The van der Waals surface area contributed by atoms with Crippen molar-refractivity contribution < 1.29 is 35.8 Å². The zero-order chi connectivity index (χ0) is 38.0. The van der Waals surface area contributed by atoms with Crippen LogP contribution in [0.5, 0.6) is 17.2 Å². The van der Waals surface area contributed by atoms with Gasteiger partial charge in [0.05, 0.1) is 16.3 Å². The van der Waals surface area contributed by atoms with Crippen LogP contribution in [-0.4, -0.2) is 36.6 Å². The number of esters is 1. The summed E-state index contributed by atoms with van der Waals surface area (Å²) in [5.41, 5.74) is 0.865. The number of nitrogens with zero attached hydrogens (tertiary/aromatic N) is 2. The highest BCUT2D eigenvalue weighted by Gasteiger charge is 2.38. The molecular weight excluding hydrogens is 725 g/mol. The second-order valence-corrected chi connectivity index (χ2v) is 17.4. The minimum atomic E-state index is -4.36. The van der Waals surface area contributed by atoms with Crippen molar-refractivity contribution in [1.82, 2.24) is 9.97 Å².